The maximum atomic E-state index is 12.8. The van der Waals surface area contributed by atoms with Crippen LogP contribution in [0.5, 0.6) is 0 Å². The summed E-state index contributed by atoms with van der Waals surface area (Å²) in [6.07, 6.45) is 0. The maximum Gasteiger partial charge on any atom is 0.331 e. The summed E-state index contributed by atoms with van der Waals surface area (Å²) >= 11 is 5.43. The predicted octanol–water partition coefficient (Wildman–Crippen LogP) is 3.34. The Hall–Kier alpha value is -2.79. The van der Waals surface area contributed by atoms with Crippen LogP contribution in [-0.2, 0) is 4.79 Å². The summed E-state index contributed by atoms with van der Waals surface area (Å²) in [6, 6.07) is 18.8. The molecule has 5 heteroatoms. The lowest BCUT2D eigenvalue weighted by Gasteiger charge is -2.32. The van der Waals surface area contributed by atoms with E-state index in [-0.39, 0.29) is 10.9 Å². The molecule has 3 amide bonds. The highest BCUT2D eigenvalue weighted by Gasteiger charge is 2.37. The average Bonchev–Trinajstić information content (AvgIpc) is 2.63. The van der Waals surface area contributed by atoms with E-state index in [0.29, 0.717) is 5.57 Å². The largest absolute Gasteiger partial charge is 0.331 e. The fraction of sp³-hybridized carbons (Fsp3) is 0.105. The number of hydrogen-bond donors (Lipinski definition) is 0. The zero-order chi connectivity index (χ0) is 17.3. The van der Waals surface area contributed by atoms with Gasteiger partial charge in [0.2, 0.25) is 0 Å². The molecule has 2 aromatic carbocycles. The number of likely N-dealkylation sites (N-methyl/N-ethyl adjacent to an activating group) is 2. The molecule has 0 spiro atoms. The van der Waals surface area contributed by atoms with Crippen molar-refractivity contribution in [2.45, 2.75) is 0 Å². The third kappa shape index (κ3) is 2.63. The van der Waals surface area contributed by atoms with Crippen molar-refractivity contribution in [3.05, 3.63) is 77.4 Å². The molecule has 1 aliphatic heterocycles. The van der Waals surface area contributed by atoms with Gasteiger partial charge in [-0.05, 0) is 11.1 Å². The van der Waals surface area contributed by atoms with Crippen LogP contribution in [0.15, 0.2) is 66.2 Å². The van der Waals surface area contributed by atoms with E-state index in [9.17, 15) is 9.59 Å². The summed E-state index contributed by atoms with van der Waals surface area (Å²) in [5, 5.41) is 0. The van der Waals surface area contributed by atoms with E-state index < -0.39 is 6.03 Å². The zero-order valence-electron chi connectivity index (χ0n) is 13.4. The number of carbonyl (C=O) groups is 2. The Balaban J connectivity index is 2.31. The Labute approximate surface area is 146 Å². The number of nitrogens with zero attached hydrogens (tertiary/aromatic N) is 2. The molecule has 24 heavy (non-hydrogen) atoms. The third-order valence-electron chi connectivity index (χ3n) is 3.99. The van der Waals surface area contributed by atoms with Gasteiger partial charge in [0, 0.05) is 19.7 Å². The summed E-state index contributed by atoms with van der Waals surface area (Å²) < 4.78 is 0. The SMILES string of the molecule is CN1C(=O)C(=C(c2ccccc2)c2ccccc2)C(=S)N(C)C1=O. The highest BCUT2D eigenvalue weighted by molar-refractivity contribution is 7.81. The van der Waals surface area contributed by atoms with Gasteiger partial charge in [0.25, 0.3) is 5.91 Å². The summed E-state index contributed by atoms with van der Waals surface area (Å²) in [6.45, 7) is 0. The van der Waals surface area contributed by atoms with Crippen LogP contribution in [-0.4, -0.2) is 40.8 Å². The standard InChI is InChI=1S/C19H16N2O2S/c1-20-17(22)16(18(24)21(2)19(20)23)15(13-9-5-3-6-10-13)14-11-7-4-8-12-14/h3-12H,1-2H3. The molecular weight excluding hydrogens is 320 g/mol. The van der Waals surface area contributed by atoms with E-state index >= 15 is 0 Å². The van der Waals surface area contributed by atoms with Crippen LogP contribution in [0, 0.1) is 0 Å². The third-order valence-corrected chi connectivity index (χ3v) is 4.46. The number of amides is 3. The Kier molecular flexibility index (Phi) is 4.27. The number of hydrogen-bond acceptors (Lipinski definition) is 3. The molecular formula is C19H16N2O2S. The fourth-order valence-electron chi connectivity index (χ4n) is 2.70. The molecule has 120 valence electrons. The summed E-state index contributed by atoms with van der Waals surface area (Å²) in [5.41, 5.74) is 2.86. The van der Waals surface area contributed by atoms with Crippen LogP contribution in [0.25, 0.3) is 5.57 Å². The van der Waals surface area contributed by atoms with E-state index in [1.165, 1.54) is 11.9 Å². The number of thiocarbonyl (C=S) groups is 1. The van der Waals surface area contributed by atoms with Gasteiger partial charge in [-0.25, -0.2) is 4.79 Å². The monoisotopic (exact) mass is 336 g/mol. The normalized spacial score (nSPS) is 15.1. The maximum absolute atomic E-state index is 12.8. The average molecular weight is 336 g/mol. The molecule has 0 unspecified atom stereocenters. The number of carbonyl (C=O) groups excluding carboxylic acids is 2. The molecule has 0 aromatic heterocycles. The number of rotatable bonds is 2. The molecule has 2 aromatic rings. The molecule has 1 fully saturated rings. The number of imide groups is 1. The number of urea groups is 1. The van der Waals surface area contributed by atoms with Crippen molar-refractivity contribution in [2.24, 2.45) is 0 Å². The van der Waals surface area contributed by atoms with Crippen molar-refractivity contribution in [3.63, 3.8) is 0 Å². The molecule has 1 aliphatic rings. The second-order valence-corrected chi connectivity index (χ2v) is 5.88. The van der Waals surface area contributed by atoms with Crippen LogP contribution in [0.2, 0.25) is 0 Å². The van der Waals surface area contributed by atoms with Crippen molar-refractivity contribution in [3.8, 4) is 0 Å². The van der Waals surface area contributed by atoms with Crippen molar-refractivity contribution >= 4 is 34.7 Å². The van der Waals surface area contributed by atoms with E-state index in [0.717, 1.165) is 21.6 Å². The molecule has 1 heterocycles. The smallest absolute Gasteiger partial charge is 0.287 e. The molecule has 0 saturated carbocycles. The van der Waals surface area contributed by atoms with E-state index in [4.69, 9.17) is 12.2 Å². The Bertz CT molecular complexity index is 777. The van der Waals surface area contributed by atoms with Gasteiger partial charge in [0.1, 0.15) is 4.99 Å². The molecule has 0 N–H and O–H groups in total. The van der Waals surface area contributed by atoms with Crippen LogP contribution in [0.3, 0.4) is 0 Å². The first kappa shape index (κ1) is 16.1. The topological polar surface area (TPSA) is 40.6 Å². The minimum absolute atomic E-state index is 0.241. The molecule has 3 rings (SSSR count). The van der Waals surface area contributed by atoms with Crippen molar-refractivity contribution < 1.29 is 9.59 Å². The first-order valence-electron chi connectivity index (χ1n) is 7.47. The Morgan fingerprint density at radius 1 is 0.792 bits per heavy atom. The van der Waals surface area contributed by atoms with Crippen molar-refractivity contribution in [1.82, 2.24) is 9.80 Å². The van der Waals surface area contributed by atoms with Crippen LogP contribution >= 0.6 is 12.2 Å². The fourth-order valence-corrected chi connectivity index (χ4v) is 2.97. The molecule has 1 saturated heterocycles. The molecule has 4 nitrogen and oxygen atoms in total. The lowest BCUT2D eigenvalue weighted by atomic mass is 9.91. The first-order chi connectivity index (χ1) is 11.5. The summed E-state index contributed by atoms with van der Waals surface area (Å²) in [4.78, 5) is 27.6. The van der Waals surface area contributed by atoms with Crippen LogP contribution in [0.1, 0.15) is 11.1 Å². The van der Waals surface area contributed by atoms with Gasteiger partial charge in [-0.1, -0.05) is 72.9 Å². The van der Waals surface area contributed by atoms with Gasteiger partial charge < -0.3 is 0 Å². The highest BCUT2D eigenvalue weighted by atomic mass is 32.1. The molecule has 0 radical (unpaired) electrons. The van der Waals surface area contributed by atoms with Gasteiger partial charge in [-0.15, -0.1) is 0 Å². The molecule has 0 atom stereocenters. The Morgan fingerprint density at radius 3 is 1.71 bits per heavy atom. The quantitative estimate of drug-likeness (QED) is 0.624. The number of benzene rings is 2. The molecule has 0 aliphatic carbocycles. The van der Waals surface area contributed by atoms with Crippen LogP contribution in [0.4, 0.5) is 4.79 Å². The Morgan fingerprint density at radius 2 is 1.25 bits per heavy atom. The van der Waals surface area contributed by atoms with Gasteiger partial charge in [0.05, 0.1) is 5.57 Å². The van der Waals surface area contributed by atoms with Crippen molar-refractivity contribution in [2.75, 3.05) is 14.1 Å². The van der Waals surface area contributed by atoms with Gasteiger partial charge in [0.15, 0.2) is 0 Å². The molecule has 0 bridgehead atoms. The zero-order valence-corrected chi connectivity index (χ0v) is 14.2. The minimum Gasteiger partial charge on any atom is -0.287 e. The second-order valence-electron chi connectivity index (χ2n) is 5.49. The second kappa shape index (κ2) is 6.37. The van der Waals surface area contributed by atoms with E-state index in [1.807, 2.05) is 60.7 Å². The highest BCUT2D eigenvalue weighted by Crippen LogP contribution is 2.31. The first-order valence-corrected chi connectivity index (χ1v) is 7.88. The van der Waals surface area contributed by atoms with E-state index in [2.05, 4.69) is 0 Å². The van der Waals surface area contributed by atoms with E-state index in [1.54, 1.807) is 7.05 Å². The lowest BCUT2D eigenvalue weighted by Crippen LogP contribution is -2.52. The lowest BCUT2D eigenvalue weighted by molar-refractivity contribution is -0.123. The summed E-state index contributed by atoms with van der Waals surface area (Å²) in [7, 11) is 3.05. The van der Waals surface area contributed by atoms with Crippen molar-refractivity contribution in [1.29, 1.82) is 0 Å². The van der Waals surface area contributed by atoms with Gasteiger partial charge in [-0.3, -0.25) is 14.6 Å². The summed E-state index contributed by atoms with van der Waals surface area (Å²) in [5.74, 6) is -0.384. The van der Waals surface area contributed by atoms with Gasteiger partial charge >= 0.3 is 6.03 Å². The van der Waals surface area contributed by atoms with Crippen LogP contribution < -0.4 is 0 Å². The minimum atomic E-state index is -0.422. The predicted molar refractivity (Wildman–Crippen MR) is 97.4 cm³/mol. The van der Waals surface area contributed by atoms with Gasteiger partial charge in [-0.2, -0.15) is 0 Å².